The van der Waals surface area contributed by atoms with Crippen LogP contribution in [0, 0.1) is 94.7 Å². The highest BCUT2D eigenvalue weighted by Crippen LogP contribution is 2.48. The molecule has 10 fully saturated rings. The number of hydrogen-bond acceptors (Lipinski definition) is 0. The van der Waals surface area contributed by atoms with Crippen LogP contribution in [0.3, 0.4) is 0 Å². The Hall–Kier alpha value is 0. The molecule has 0 nitrogen and oxygen atoms in total. The van der Waals surface area contributed by atoms with Crippen LogP contribution < -0.4 is 0 Å². The Balaban J connectivity index is 0.000000161. The van der Waals surface area contributed by atoms with E-state index in [-0.39, 0.29) is 0 Å². The summed E-state index contributed by atoms with van der Waals surface area (Å²) in [5, 5.41) is 0. The minimum Gasteiger partial charge on any atom is -0.0625 e. The van der Waals surface area contributed by atoms with E-state index in [0.29, 0.717) is 0 Å². The van der Waals surface area contributed by atoms with Crippen LogP contribution in [0.4, 0.5) is 0 Å². The molecule has 0 amide bonds. The third kappa shape index (κ3) is 16.3. The molecule has 290 valence electrons. The zero-order valence-electron chi connectivity index (χ0n) is 36.1. The van der Waals surface area contributed by atoms with Gasteiger partial charge >= 0.3 is 0 Å². The molecule has 10 atom stereocenters. The van der Waals surface area contributed by atoms with Gasteiger partial charge in [0, 0.05) is 0 Å². The normalized spacial score (nSPS) is 46.3. The summed E-state index contributed by atoms with van der Waals surface area (Å²) in [4.78, 5) is 0. The van der Waals surface area contributed by atoms with Gasteiger partial charge in [-0.25, -0.2) is 0 Å². The lowest BCUT2D eigenvalue weighted by Crippen LogP contribution is -2.35. The van der Waals surface area contributed by atoms with E-state index >= 15 is 0 Å². The Bertz CT molecular complexity index is 769. The summed E-state index contributed by atoms with van der Waals surface area (Å²) in [7, 11) is 0. The SMILES string of the molecule is CC1CC(C)C1.CC1CC2CCC1C(C)C2.CC1CC2CCC1CC2C.CC1CCC(C)C1.CC1CCC(C)CC1.CC1CCCC(C)C1. The molecule has 0 aromatic heterocycles. The molecule has 0 spiro atoms. The summed E-state index contributed by atoms with van der Waals surface area (Å²) in [6.45, 7) is 28.6. The topological polar surface area (TPSA) is 0 Å². The van der Waals surface area contributed by atoms with Crippen molar-refractivity contribution in [3.05, 3.63) is 0 Å². The third-order valence-corrected chi connectivity index (χ3v) is 15.7. The minimum atomic E-state index is 1.01. The maximum Gasteiger partial charge on any atom is -0.0362 e. The summed E-state index contributed by atoms with van der Waals surface area (Å²) in [5.41, 5.74) is 0. The molecule has 0 aliphatic heterocycles. The number of fused-ring (bicyclic) bond motifs is 6. The zero-order valence-corrected chi connectivity index (χ0v) is 36.1. The van der Waals surface area contributed by atoms with Crippen LogP contribution in [-0.2, 0) is 0 Å². The van der Waals surface area contributed by atoms with E-state index in [9.17, 15) is 0 Å². The van der Waals surface area contributed by atoms with E-state index < -0.39 is 0 Å². The maximum absolute atomic E-state index is 2.45. The van der Waals surface area contributed by atoms with E-state index in [1.165, 1.54) is 128 Å². The number of rotatable bonds is 0. The molecule has 0 aromatic rings. The van der Waals surface area contributed by atoms with Gasteiger partial charge in [-0.1, -0.05) is 147 Å². The first kappa shape index (κ1) is 43.4. The predicted octanol–water partition coefficient (Wildman–Crippen LogP) is 16.3. The van der Waals surface area contributed by atoms with E-state index in [4.69, 9.17) is 0 Å². The van der Waals surface area contributed by atoms with Crippen molar-refractivity contribution < 1.29 is 0 Å². The van der Waals surface area contributed by atoms with Gasteiger partial charge in [0.05, 0.1) is 0 Å². The molecule has 10 unspecified atom stereocenters. The molecular formula is C49H94. The smallest absolute Gasteiger partial charge is 0.0362 e. The Labute approximate surface area is 311 Å². The van der Waals surface area contributed by atoms with Crippen molar-refractivity contribution in [1.29, 1.82) is 0 Å². The molecule has 0 radical (unpaired) electrons. The Morgan fingerprint density at radius 1 is 0.245 bits per heavy atom. The highest BCUT2D eigenvalue weighted by Gasteiger charge is 2.38. The lowest BCUT2D eigenvalue weighted by Gasteiger charge is -2.45. The highest BCUT2D eigenvalue weighted by atomic mass is 14.4. The first-order chi connectivity index (χ1) is 23.2. The fraction of sp³-hybridized carbons (Fsp3) is 1.00. The van der Waals surface area contributed by atoms with Crippen LogP contribution in [0.5, 0.6) is 0 Å². The average Bonchev–Trinajstić information content (AvgIpc) is 3.42. The van der Waals surface area contributed by atoms with Crippen molar-refractivity contribution in [1.82, 2.24) is 0 Å². The largest absolute Gasteiger partial charge is 0.0625 e. The molecule has 10 saturated carbocycles. The van der Waals surface area contributed by atoms with Gasteiger partial charge in [0.1, 0.15) is 0 Å². The van der Waals surface area contributed by atoms with E-state index in [1.54, 1.807) is 6.42 Å². The first-order valence-electron chi connectivity index (χ1n) is 23.2. The van der Waals surface area contributed by atoms with Crippen molar-refractivity contribution in [3.8, 4) is 0 Å². The molecule has 0 heterocycles. The summed E-state index contributed by atoms with van der Waals surface area (Å²) in [6.07, 6.45) is 31.4. The monoisotopic (exact) mass is 683 g/mol. The number of hydrogen-bond donors (Lipinski definition) is 0. The van der Waals surface area contributed by atoms with Crippen molar-refractivity contribution >= 4 is 0 Å². The molecule has 0 aromatic carbocycles. The van der Waals surface area contributed by atoms with Crippen LogP contribution in [0.15, 0.2) is 0 Å². The molecule has 0 heteroatoms. The van der Waals surface area contributed by atoms with Crippen molar-refractivity contribution in [2.45, 2.75) is 218 Å². The average molecular weight is 683 g/mol. The molecular weight excluding hydrogens is 589 g/mol. The highest BCUT2D eigenvalue weighted by molar-refractivity contribution is 4.88. The summed E-state index contributed by atoms with van der Waals surface area (Å²) >= 11 is 0. The van der Waals surface area contributed by atoms with E-state index in [2.05, 4.69) is 83.1 Å². The molecule has 10 aliphatic carbocycles. The van der Waals surface area contributed by atoms with Gasteiger partial charge < -0.3 is 0 Å². The standard InChI is InChI=1S/2C10H18.2C8H16.C7H14.C6H12/c1-7-5-10-4-3-9(7)6-8(10)2;1-7-5-9-3-4-10(7)8(2)6-9;1-7-3-5-8(2)6-4-7;1-7-4-3-5-8(2)6-7;1-6-3-4-7(2)5-6;1-5-3-6(2)4-5/h2*7-10H,3-6H2,1-2H3;2*7-8H,3-6H2,1-2H3;6-7H,3-5H2,1-2H3;5-6H,3-4H2,1-2H3. The second-order valence-electron chi connectivity index (χ2n) is 21.5. The molecule has 0 saturated heterocycles. The van der Waals surface area contributed by atoms with E-state index in [1.807, 2.05) is 0 Å². The van der Waals surface area contributed by atoms with Crippen molar-refractivity contribution in [3.63, 3.8) is 0 Å². The van der Waals surface area contributed by atoms with Gasteiger partial charge in [-0.05, 0) is 165 Å². The lowest BCUT2D eigenvalue weighted by molar-refractivity contribution is 0.0556. The van der Waals surface area contributed by atoms with Crippen LogP contribution in [0.25, 0.3) is 0 Å². The van der Waals surface area contributed by atoms with Gasteiger partial charge in [0.25, 0.3) is 0 Å². The summed E-state index contributed by atoms with van der Waals surface area (Å²) in [5.74, 6) is 16.8. The van der Waals surface area contributed by atoms with Gasteiger partial charge in [-0.3, -0.25) is 0 Å². The third-order valence-electron chi connectivity index (χ3n) is 15.7. The minimum absolute atomic E-state index is 1.01. The second-order valence-corrected chi connectivity index (χ2v) is 21.5. The van der Waals surface area contributed by atoms with Crippen LogP contribution in [0.2, 0.25) is 0 Å². The maximum atomic E-state index is 2.45. The Kier molecular flexibility index (Phi) is 19.7. The van der Waals surface area contributed by atoms with Crippen molar-refractivity contribution in [2.75, 3.05) is 0 Å². The first-order valence-corrected chi connectivity index (χ1v) is 23.2. The second kappa shape index (κ2) is 22.3. The molecule has 10 aliphatic rings. The molecule has 4 bridgehead atoms. The summed E-state index contributed by atoms with van der Waals surface area (Å²) < 4.78 is 0. The van der Waals surface area contributed by atoms with E-state index in [0.717, 1.165) is 94.7 Å². The van der Waals surface area contributed by atoms with Gasteiger partial charge in [-0.2, -0.15) is 0 Å². The van der Waals surface area contributed by atoms with Crippen molar-refractivity contribution in [2.24, 2.45) is 94.7 Å². The van der Waals surface area contributed by atoms with Gasteiger partial charge in [0.15, 0.2) is 0 Å². The van der Waals surface area contributed by atoms with Crippen LogP contribution in [0.1, 0.15) is 218 Å². The van der Waals surface area contributed by atoms with Crippen LogP contribution in [-0.4, -0.2) is 0 Å². The molecule has 49 heavy (non-hydrogen) atoms. The Morgan fingerprint density at radius 3 is 0.796 bits per heavy atom. The predicted molar refractivity (Wildman–Crippen MR) is 221 cm³/mol. The fourth-order valence-corrected chi connectivity index (χ4v) is 12.3. The quantitative estimate of drug-likeness (QED) is 0.238. The molecule has 10 rings (SSSR count). The zero-order chi connectivity index (χ0) is 36.1. The molecule has 0 N–H and O–H groups in total. The van der Waals surface area contributed by atoms with Gasteiger partial charge in [-0.15, -0.1) is 0 Å². The van der Waals surface area contributed by atoms with Gasteiger partial charge in [0.2, 0.25) is 0 Å². The Morgan fingerprint density at radius 2 is 0.592 bits per heavy atom. The lowest BCUT2D eigenvalue weighted by atomic mass is 9.61. The van der Waals surface area contributed by atoms with Crippen LogP contribution >= 0.6 is 0 Å². The summed E-state index contributed by atoms with van der Waals surface area (Å²) in [6, 6.07) is 0. The fourth-order valence-electron chi connectivity index (χ4n) is 12.3.